The van der Waals surface area contributed by atoms with E-state index in [-0.39, 0.29) is 27.6 Å². The molecule has 1 heterocycles. The summed E-state index contributed by atoms with van der Waals surface area (Å²) in [6.45, 7) is 1.86. The molecule has 0 atom stereocenters. The maximum absolute atomic E-state index is 14.5. The molecule has 0 unspecified atom stereocenters. The van der Waals surface area contributed by atoms with Gasteiger partial charge in [-0.3, -0.25) is 0 Å². The summed E-state index contributed by atoms with van der Waals surface area (Å²) in [6, 6.07) is 6.74. The number of nitrogens with one attached hydrogen (secondary N) is 1. The number of nitrogens with two attached hydrogens (primary N) is 1. The van der Waals surface area contributed by atoms with E-state index in [0.717, 1.165) is 9.13 Å². The predicted octanol–water partition coefficient (Wildman–Crippen LogP) is 5.02. The van der Waals surface area contributed by atoms with Crippen molar-refractivity contribution in [2.45, 2.75) is 6.92 Å². The molecule has 0 amide bonds. The van der Waals surface area contributed by atoms with Crippen LogP contribution in [0.3, 0.4) is 0 Å². The lowest BCUT2D eigenvalue weighted by Crippen LogP contribution is -2.02. The molecule has 3 N–H and O–H groups in total. The van der Waals surface area contributed by atoms with Crippen LogP contribution in [0.5, 0.6) is 0 Å². The summed E-state index contributed by atoms with van der Waals surface area (Å²) in [4.78, 5) is 0. The van der Waals surface area contributed by atoms with Gasteiger partial charge in [0.2, 0.25) is 0 Å². The Labute approximate surface area is 157 Å². The standard InChI is InChI=1S/C15H10BrF2IN4O/c1-6-4-7(19)2-3-10(6)21-13-8(14-22-23-15(20)24-14)5-9(16)11(17)12(13)18/h2-5,21H,1H3,(H2,20,23). The zero-order chi connectivity index (χ0) is 17.4. The average Bonchev–Trinajstić information content (AvgIpc) is 2.96. The Kier molecular flexibility index (Phi) is 4.72. The lowest BCUT2D eigenvalue weighted by atomic mass is 10.1. The van der Waals surface area contributed by atoms with Crippen molar-refractivity contribution in [3.63, 3.8) is 0 Å². The molecule has 0 bridgehead atoms. The number of anilines is 3. The van der Waals surface area contributed by atoms with E-state index in [0.29, 0.717) is 5.69 Å². The summed E-state index contributed by atoms with van der Waals surface area (Å²) >= 11 is 5.15. The maximum atomic E-state index is 14.5. The van der Waals surface area contributed by atoms with Crippen molar-refractivity contribution in [2.24, 2.45) is 0 Å². The van der Waals surface area contributed by atoms with Gasteiger partial charge in [0.05, 0.1) is 15.7 Å². The number of hydrogen-bond donors (Lipinski definition) is 2. The Morgan fingerprint density at radius 1 is 1.21 bits per heavy atom. The summed E-state index contributed by atoms with van der Waals surface area (Å²) in [5, 5.41) is 10.2. The van der Waals surface area contributed by atoms with E-state index in [1.807, 2.05) is 19.1 Å². The fourth-order valence-corrected chi connectivity index (χ4v) is 3.18. The van der Waals surface area contributed by atoms with Crippen LogP contribution < -0.4 is 11.1 Å². The normalized spacial score (nSPS) is 10.9. The first kappa shape index (κ1) is 17.1. The number of nitrogens with zero attached hydrogens (tertiary/aromatic N) is 2. The highest BCUT2D eigenvalue weighted by Gasteiger charge is 2.22. The summed E-state index contributed by atoms with van der Waals surface area (Å²) < 4.78 is 34.7. The van der Waals surface area contributed by atoms with Crippen molar-refractivity contribution in [1.29, 1.82) is 0 Å². The van der Waals surface area contributed by atoms with E-state index in [1.54, 1.807) is 6.07 Å². The minimum Gasteiger partial charge on any atom is -0.403 e. The Hall–Kier alpha value is -1.75. The minimum absolute atomic E-state index is 0.0160. The molecule has 0 aliphatic carbocycles. The highest BCUT2D eigenvalue weighted by Crippen LogP contribution is 2.37. The van der Waals surface area contributed by atoms with Crippen LogP contribution in [-0.2, 0) is 0 Å². The Bertz CT molecular complexity index is 932. The monoisotopic (exact) mass is 506 g/mol. The number of halogens is 4. The van der Waals surface area contributed by atoms with Crippen LogP contribution in [0.2, 0.25) is 0 Å². The first-order valence-corrected chi connectivity index (χ1v) is 8.54. The predicted molar refractivity (Wildman–Crippen MR) is 98.9 cm³/mol. The van der Waals surface area contributed by atoms with Crippen LogP contribution in [0.25, 0.3) is 11.5 Å². The zero-order valence-electron chi connectivity index (χ0n) is 12.2. The number of benzene rings is 2. The van der Waals surface area contributed by atoms with Gasteiger partial charge in [0.1, 0.15) is 0 Å². The molecule has 1 aromatic heterocycles. The van der Waals surface area contributed by atoms with Crippen LogP contribution in [0, 0.1) is 22.1 Å². The summed E-state index contributed by atoms with van der Waals surface area (Å²) in [5.74, 6) is -2.09. The number of nitrogen functional groups attached to an aromatic ring is 1. The molecule has 3 aromatic rings. The molecule has 0 radical (unpaired) electrons. The van der Waals surface area contributed by atoms with Crippen molar-refractivity contribution >= 4 is 55.9 Å². The van der Waals surface area contributed by atoms with Crippen molar-refractivity contribution in [1.82, 2.24) is 10.2 Å². The summed E-state index contributed by atoms with van der Waals surface area (Å²) in [6.07, 6.45) is 0. The quantitative estimate of drug-likeness (QED) is 0.385. The van der Waals surface area contributed by atoms with Crippen molar-refractivity contribution < 1.29 is 13.2 Å². The first-order valence-electron chi connectivity index (χ1n) is 6.67. The molecule has 24 heavy (non-hydrogen) atoms. The summed E-state index contributed by atoms with van der Waals surface area (Å²) in [7, 11) is 0. The molecule has 0 saturated carbocycles. The van der Waals surface area contributed by atoms with Crippen LogP contribution >= 0.6 is 38.5 Å². The lowest BCUT2D eigenvalue weighted by Gasteiger charge is -2.14. The number of aryl methyl sites for hydroxylation is 1. The van der Waals surface area contributed by atoms with Crippen LogP contribution in [0.15, 0.2) is 33.2 Å². The van der Waals surface area contributed by atoms with E-state index < -0.39 is 11.6 Å². The molecule has 5 nitrogen and oxygen atoms in total. The molecular formula is C15H10BrF2IN4O. The van der Waals surface area contributed by atoms with Gasteiger partial charge < -0.3 is 15.5 Å². The molecule has 0 spiro atoms. The zero-order valence-corrected chi connectivity index (χ0v) is 15.9. The van der Waals surface area contributed by atoms with Gasteiger partial charge in [-0.05, 0) is 75.3 Å². The lowest BCUT2D eigenvalue weighted by molar-refractivity contribution is 0.506. The molecule has 2 aromatic carbocycles. The number of rotatable bonds is 3. The molecule has 124 valence electrons. The largest absolute Gasteiger partial charge is 0.403 e. The Balaban J connectivity index is 2.16. The van der Waals surface area contributed by atoms with E-state index in [1.165, 1.54) is 6.07 Å². The van der Waals surface area contributed by atoms with Crippen LogP contribution in [0.4, 0.5) is 26.2 Å². The van der Waals surface area contributed by atoms with Gasteiger partial charge in [0.25, 0.3) is 5.89 Å². The molecule has 9 heteroatoms. The molecule has 0 fully saturated rings. The third kappa shape index (κ3) is 3.22. The number of hydrogen-bond acceptors (Lipinski definition) is 5. The van der Waals surface area contributed by atoms with E-state index >= 15 is 0 Å². The van der Waals surface area contributed by atoms with Crippen LogP contribution in [-0.4, -0.2) is 10.2 Å². The number of aromatic nitrogens is 2. The van der Waals surface area contributed by atoms with Gasteiger partial charge in [-0.2, -0.15) is 0 Å². The Morgan fingerprint density at radius 2 is 1.96 bits per heavy atom. The highest BCUT2D eigenvalue weighted by molar-refractivity contribution is 14.1. The second kappa shape index (κ2) is 6.63. The molecule has 0 aliphatic rings. The van der Waals surface area contributed by atoms with Crippen molar-refractivity contribution in [3.05, 3.63) is 49.5 Å². The highest BCUT2D eigenvalue weighted by atomic mass is 127. The fraction of sp³-hybridized carbons (Fsp3) is 0.0667. The van der Waals surface area contributed by atoms with Crippen molar-refractivity contribution in [2.75, 3.05) is 11.1 Å². The van der Waals surface area contributed by atoms with Gasteiger partial charge in [-0.1, -0.05) is 5.10 Å². The Morgan fingerprint density at radius 3 is 2.58 bits per heavy atom. The smallest absolute Gasteiger partial charge is 0.313 e. The third-order valence-electron chi connectivity index (χ3n) is 3.28. The van der Waals surface area contributed by atoms with Crippen LogP contribution in [0.1, 0.15) is 5.56 Å². The maximum Gasteiger partial charge on any atom is 0.313 e. The summed E-state index contributed by atoms with van der Waals surface area (Å²) in [5.41, 5.74) is 7.02. The molecule has 0 aliphatic heterocycles. The van der Waals surface area contributed by atoms with Gasteiger partial charge >= 0.3 is 6.01 Å². The molecule has 0 saturated heterocycles. The van der Waals surface area contributed by atoms with Gasteiger partial charge in [-0.25, -0.2) is 8.78 Å². The van der Waals surface area contributed by atoms with E-state index in [9.17, 15) is 8.78 Å². The topological polar surface area (TPSA) is 77.0 Å². The van der Waals surface area contributed by atoms with E-state index in [4.69, 9.17) is 10.2 Å². The third-order valence-corrected chi connectivity index (χ3v) is 4.53. The SMILES string of the molecule is Cc1cc(I)ccc1Nc1c(-c2nnc(N)o2)cc(Br)c(F)c1F. The van der Waals surface area contributed by atoms with Gasteiger partial charge in [-0.15, -0.1) is 5.10 Å². The van der Waals surface area contributed by atoms with Crippen molar-refractivity contribution in [3.8, 4) is 11.5 Å². The van der Waals surface area contributed by atoms with Gasteiger partial charge in [0, 0.05) is 9.26 Å². The van der Waals surface area contributed by atoms with Gasteiger partial charge in [0.15, 0.2) is 11.6 Å². The molecular weight excluding hydrogens is 497 g/mol. The van der Waals surface area contributed by atoms with E-state index in [2.05, 4.69) is 54.0 Å². The first-order chi connectivity index (χ1) is 11.4. The minimum atomic E-state index is -1.06. The molecule has 3 rings (SSSR count). The fourth-order valence-electron chi connectivity index (χ4n) is 2.13. The second-order valence-corrected chi connectivity index (χ2v) is 7.04. The second-order valence-electron chi connectivity index (χ2n) is 4.94. The average molecular weight is 507 g/mol.